The van der Waals surface area contributed by atoms with E-state index in [0.717, 1.165) is 32.0 Å². The molecule has 0 unspecified atom stereocenters. The quantitative estimate of drug-likeness (QED) is 0.279. The fourth-order valence-electron chi connectivity index (χ4n) is 1.07. The average molecular weight is 202 g/mol. The van der Waals surface area contributed by atoms with Crippen molar-refractivity contribution >= 4 is 5.96 Å². The molecule has 0 spiro atoms. The zero-order valence-corrected chi connectivity index (χ0v) is 9.42. The molecule has 5 heteroatoms. The van der Waals surface area contributed by atoms with Crippen LogP contribution in [0.4, 0.5) is 0 Å². The highest BCUT2D eigenvalue weighted by atomic mass is 16.5. The summed E-state index contributed by atoms with van der Waals surface area (Å²) in [5.41, 5.74) is 2.62. The molecule has 0 bridgehead atoms. The average Bonchev–Trinajstić information content (AvgIpc) is 2.23. The van der Waals surface area contributed by atoms with Gasteiger partial charge in [-0.25, -0.2) is 5.84 Å². The molecule has 0 aromatic heterocycles. The van der Waals surface area contributed by atoms with E-state index >= 15 is 0 Å². The molecule has 0 rings (SSSR count). The van der Waals surface area contributed by atoms with Gasteiger partial charge in [0.2, 0.25) is 5.96 Å². The molecule has 0 aliphatic heterocycles. The van der Waals surface area contributed by atoms with Crippen LogP contribution in [0.3, 0.4) is 0 Å². The molecule has 0 atom stereocenters. The number of rotatable bonds is 6. The first-order chi connectivity index (χ1) is 6.79. The van der Waals surface area contributed by atoms with Crippen molar-refractivity contribution in [2.45, 2.75) is 20.3 Å². The van der Waals surface area contributed by atoms with Crippen LogP contribution in [0.1, 0.15) is 20.3 Å². The maximum Gasteiger partial charge on any atom is 0.208 e. The second-order valence-electron chi connectivity index (χ2n) is 2.92. The van der Waals surface area contributed by atoms with E-state index in [4.69, 9.17) is 10.6 Å². The number of hydrogen-bond acceptors (Lipinski definition) is 3. The lowest BCUT2D eigenvalue weighted by Gasteiger charge is -2.23. The topological polar surface area (TPSA) is 62.9 Å². The molecule has 0 heterocycles. The number of aliphatic imine (C=N–C) groups is 1. The van der Waals surface area contributed by atoms with Gasteiger partial charge in [0.25, 0.3) is 0 Å². The number of guanidine groups is 1. The maximum absolute atomic E-state index is 5.40. The third kappa shape index (κ3) is 5.04. The number of ether oxygens (including phenoxy) is 1. The molecule has 14 heavy (non-hydrogen) atoms. The monoisotopic (exact) mass is 202 g/mol. The lowest BCUT2D eigenvalue weighted by Crippen LogP contribution is -2.46. The zero-order chi connectivity index (χ0) is 10.8. The number of hydrogen-bond donors (Lipinski definition) is 2. The molecule has 5 nitrogen and oxygen atoms in total. The number of likely N-dealkylation sites (N-methyl/N-ethyl adjacent to an activating group) is 1. The van der Waals surface area contributed by atoms with Crippen LogP contribution in [0, 0.1) is 0 Å². The van der Waals surface area contributed by atoms with E-state index in [1.807, 2.05) is 0 Å². The molecule has 0 aliphatic carbocycles. The number of nitrogens with zero attached hydrogens (tertiary/aromatic N) is 2. The van der Waals surface area contributed by atoms with Gasteiger partial charge in [-0.05, 0) is 13.3 Å². The summed E-state index contributed by atoms with van der Waals surface area (Å²) in [5, 5.41) is 0. The number of methoxy groups -OCH3 is 1. The van der Waals surface area contributed by atoms with Crippen molar-refractivity contribution in [2.24, 2.45) is 10.8 Å². The van der Waals surface area contributed by atoms with E-state index in [2.05, 4.69) is 29.2 Å². The van der Waals surface area contributed by atoms with Crippen molar-refractivity contribution in [3.05, 3.63) is 0 Å². The van der Waals surface area contributed by atoms with Gasteiger partial charge in [0.1, 0.15) is 0 Å². The Morgan fingerprint density at radius 1 is 1.50 bits per heavy atom. The van der Waals surface area contributed by atoms with Crippen molar-refractivity contribution in [1.29, 1.82) is 0 Å². The Labute approximate surface area is 86.3 Å². The molecule has 0 fully saturated rings. The Morgan fingerprint density at radius 3 is 2.64 bits per heavy atom. The molecule has 0 aliphatic rings. The van der Waals surface area contributed by atoms with Crippen molar-refractivity contribution in [3.8, 4) is 0 Å². The van der Waals surface area contributed by atoms with Crippen molar-refractivity contribution < 1.29 is 4.74 Å². The van der Waals surface area contributed by atoms with Gasteiger partial charge in [-0.2, -0.15) is 0 Å². The largest absolute Gasteiger partial charge is 0.383 e. The van der Waals surface area contributed by atoms with Gasteiger partial charge >= 0.3 is 0 Å². The Bertz CT molecular complexity index is 161. The second kappa shape index (κ2) is 8.77. The number of nitrogens with one attached hydrogen (secondary N) is 1. The van der Waals surface area contributed by atoms with Gasteiger partial charge in [0.15, 0.2) is 0 Å². The van der Waals surface area contributed by atoms with E-state index in [9.17, 15) is 0 Å². The summed E-state index contributed by atoms with van der Waals surface area (Å²) >= 11 is 0. The summed E-state index contributed by atoms with van der Waals surface area (Å²) in [4.78, 5) is 6.39. The van der Waals surface area contributed by atoms with Crippen LogP contribution in [-0.2, 0) is 4.74 Å². The minimum Gasteiger partial charge on any atom is -0.383 e. The fraction of sp³-hybridized carbons (Fsp3) is 0.889. The molecular formula is C9H22N4O. The van der Waals surface area contributed by atoms with E-state index in [-0.39, 0.29) is 0 Å². The molecule has 0 saturated carbocycles. The highest BCUT2D eigenvalue weighted by Crippen LogP contribution is 1.90. The second-order valence-corrected chi connectivity index (χ2v) is 2.92. The number of nitrogens with two attached hydrogens (primary N) is 1. The summed E-state index contributed by atoms with van der Waals surface area (Å²) in [5.74, 6) is 6.14. The Kier molecular flexibility index (Phi) is 8.27. The van der Waals surface area contributed by atoms with Crippen LogP contribution < -0.4 is 11.3 Å². The van der Waals surface area contributed by atoms with E-state index < -0.39 is 0 Å². The van der Waals surface area contributed by atoms with Crippen molar-refractivity contribution in [1.82, 2.24) is 10.3 Å². The molecule has 0 saturated heterocycles. The summed E-state index contributed by atoms with van der Waals surface area (Å²) in [7, 11) is 1.69. The first-order valence-corrected chi connectivity index (χ1v) is 5.05. The predicted octanol–water partition coefficient (Wildman–Crippen LogP) is 0.184. The van der Waals surface area contributed by atoms with Crippen LogP contribution in [0.25, 0.3) is 0 Å². The Balaban J connectivity index is 4.13. The normalized spacial score (nSPS) is 11.6. The van der Waals surface area contributed by atoms with Crippen LogP contribution in [0.15, 0.2) is 4.99 Å². The highest BCUT2D eigenvalue weighted by Gasteiger charge is 2.06. The molecule has 0 radical (unpaired) electrons. The lowest BCUT2D eigenvalue weighted by molar-refractivity contribution is 0.176. The summed E-state index contributed by atoms with van der Waals surface area (Å²) in [6.07, 6.45) is 1.02. The van der Waals surface area contributed by atoms with Gasteiger partial charge in [0, 0.05) is 26.7 Å². The highest BCUT2D eigenvalue weighted by molar-refractivity contribution is 5.79. The van der Waals surface area contributed by atoms with Gasteiger partial charge < -0.3 is 9.64 Å². The zero-order valence-electron chi connectivity index (χ0n) is 9.42. The summed E-state index contributed by atoms with van der Waals surface area (Å²) < 4.78 is 5.01. The SMILES string of the molecule is CCCN=C(NN)N(CC)CCOC. The van der Waals surface area contributed by atoms with Gasteiger partial charge in [-0.15, -0.1) is 0 Å². The first kappa shape index (κ1) is 13.2. The standard InChI is InChI=1S/C9H22N4O/c1-4-6-11-9(12-10)13(5-2)7-8-14-3/h4-8,10H2,1-3H3,(H,11,12). The van der Waals surface area contributed by atoms with Crippen LogP contribution >= 0.6 is 0 Å². The van der Waals surface area contributed by atoms with Gasteiger partial charge in [-0.1, -0.05) is 6.92 Å². The smallest absolute Gasteiger partial charge is 0.208 e. The van der Waals surface area contributed by atoms with Crippen molar-refractivity contribution in [3.63, 3.8) is 0 Å². The maximum atomic E-state index is 5.40. The van der Waals surface area contributed by atoms with Gasteiger partial charge in [0.05, 0.1) is 6.61 Å². The van der Waals surface area contributed by atoms with Crippen LogP contribution in [-0.4, -0.2) is 44.2 Å². The van der Waals surface area contributed by atoms with E-state index in [0.29, 0.717) is 6.61 Å². The predicted molar refractivity (Wildman–Crippen MR) is 59.0 cm³/mol. The van der Waals surface area contributed by atoms with Crippen LogP contribution in [0.2, 0.25) is 0 Å². The molecule has 3 N–H and O–H groups in total. The van der Waals surface area contributed by atoms with E-state index in [1.165, 1.54) is 0 Å². The summed E-state index contributed by atoms with van der Waals surface area (Å²) in [6.45, 7) is 7.30. The molecule has 0 aromatic carbocycles. The number of hydrazine groups is 1. The first-order valence-electron chi connectivity index (χ1n) is 5.05. The fourth-order valence-corrected chi connectivity index (χ4v) is 1.07. The minimum atomic E-state index is 0.681. The third-order valence-corrected chi connectivity index (χ3v) is 1.86. The Morgan fingerprint density at radius 2 is 2.21 bits per heavy atom. The van der Waals surface area contributed by atoms with Crippen molar-refractivity contribution in [2.75, 3.05) is 33.4 Å². The molecule has 84 valence electrons. The van der Waals surface area contributed by atoms with E-state index in [1.54, 1.807) is 7.11 Å². The molecule has 0 amide bonds. The Hall–Kier alpha value is -0.810. The lowest BCUT2D eigenvalue weighted by atomic mass is 10.5. The molecular weight excluding hydrogens is 180 g/mol. The summed E-state index contributed by atoms with van der Waals surface area (Å²) in [6, 6.07) is 0. The third-order valence-electron chi connectivity index (χ3n) is 1.86. The minimum absolute atomic E-state index is 0.681. The van der Waals surface area contributed by atoms with Gasteiger partial charge in [-0.3, -0.25) is 10.4 Å². The van der Waals surface area contributed by atoms with Crippen LogP contribution in [0.5, 0.6) is 0 Å². The molecule has 0 aromatic rings.